The third-order valence-corrected chi connectivity index (χ3v) is 11.9. The van der Waals surface area contributed by atoms with E-state index in [2.05, 4.69) is 57.8 Å². The molecule has 0 unspecified atom stereocenters. The van der Waals surface area contributed by atoms with Crippen LogP contribution in [0.25, 0.3) is 11.1 Å². The van der Waals surface area contributed by atoms with E-state index in [0.29, 0.717) is 44.1 Å². The van der Waals surface area contributed by atoms with Gasteiger partial charge in [-0.15, -0.1) is 0 Å². The normalized spacial score (nSPS) is 14.3. The summed E-state index contributed by atoms with van der Waals surface area (Å²) in [5.41, 5.74) is 5.26. The van der Waals surface area contributed by atoms with Gasteiger partial charge >= 0.3 is 18.2 Å². The van der Waals surface area contributed by atoms with E-state index in [1.807, 2.05) is 72.8 Å². The number of carbonyl (C=O) groups is 7. The second-order valence-corrected chi connectivity index (χ2v) is 17.2. The van der Waals surface area contributed by atoms with Crippen LogP contribution in [-0.2, 0) is 48.3 Å². The van der Waals surface area contributed by atoms with Crippen molar-refractivity contribution in [2.45, 2.75) is 122 Å². The van der Waals surface area contributed by atoms with E-state index in [1.165, 1.54) is 17.4 Å². The predicted molar refractivity (Wildman–Crippen MR) is 261 cm³/mol. The number of hydrogen-bond donors (Lipinski definition) is 6. The van der Waals surface area contributed by atoms with Crippen LogP contribution in [0, 0.1) is 0 Å². The zero-order chi connectivity index (χ0) is 49.4. The molecule has 0 aliphatic carbocycles. The maximum atomic E-state index is 14.3. The van der Waals surface area contributed by atoms with Crippen LogP contribution in [0.15, 0.2) is 109 Å². The average molecular weight is 947 g/mol. The molecule has 16 heteroatoms. The molecule has 1 aliphatic rings. The van der Waals surface area contributed by atoms with Crippen LogP contribution in [0.5, 0.6) is 0 Å². The molecule has 0 aromatic heterocycles. The van der Waals surface area contributed by atoms with Crippen molar-refractivity contribution in [3.63, 3.8) is 0 Å². The molecule has 5 rings (SSSR count). The highest BCUT2D eigenvalue weighted by Gasteiger charge is 2.38. The lowest BCUT2D eigenvalue weighted by molar-refractivity contribution is -0.143. The molecule has 0 bridgehead atoms. The number of likely N-dealkylation sites (tertiary alicyclic amines) is 1. The average Bonchev–Trinajstić information content (AvgIpc) is 3.87. The van der Waals surface area contributed by atoms with Crippen LogP contribution in [0.3, 0.4) is 0 Å². The van der Waals surface area contributed by atoms with Gasteiger partial charge in [-0.2, -0.15) is 0 Å². The topological polar surface area (TPSA) is 222 Å². The van der Waals surface area contributed by atoms with Crippen LogP contribution < -0.4 is 26.6 Å². The van der Waals surface area contributed by atoms with E-state index in [9.17, 15) is 38.7 Å². The van der Waals surface area contributed by atoms with Crippen molar-refractivity contribution in [3.8, 4) is 11.1 Å². The Bertz CT molecular complexity index is 2280. The molecule has 0 radical (unpaired) electrons. The minimum absolute atomic E-state index is 0.0754. The quantitative estimate of drug-likeness (QED) is 0.0352. The molecule has 6 N–H and O–H groups in total. The highest BCUT2D eigenvalue weighted by atomic mass is 16.6. The number of ether oxygens (including phenoxy) is 2. The summed E-state index contributed by atoms with van der Waals surface area (Å²) in [6.45, 7) is 4.58. The number of nitrogens with zero attached hydrogens (tertiary/aromatic N) is 1. The summed E-state index contributed by atoms with van der Waals surface area (Å²) in [7, 11) is 0. The lowest BCUT2D eigenvalue weighted by Crippen LogP contribution is -2.56. The van der Waals surface area contributed by atoms with E-state index < -0.39 is 66.0 Å². The van der Waals surface area contributed by atoms with Crippen LogP contribution in [0.1, 0.15) is 105 Å². The van der Waals surface area contributed by atoms with Crippen molar-refractivity contribution in [2.24, 2.45) is 0 Å². The second-order valence-electron chi connectivity index (χ2n) is 17.2. The molecule has 0 saturated carbocycles. The first kappa shape index (κ1) is 52.7. The maximum absolute atomic E-state index is 14.3. The molecule has 69 heavy (non-hydrogen) atoms. The van der Waals surface area contributed by atoms with Crippen LogP contribution >= 0.6 is 0 Å². The molecule has 1 heterocycles. The number of hydrogen-bond acceptors (Lipinski definition) is 9. The van der Waals surface area contributed by atoms with Crippen molar-refractivity contribution in [2.75, 3.05) is 19.6 Å². The fourth-order valence-corrected chi connectivity index (χ4v) is 7.87. The summed E-state index contributed by atoms with van der Waals surface area (Å²) in [6, 6.07) is 29.6. The van der Waals surface area contributed by atoms with Gasteiger partial charge in [-0.3, -0.25) is 19.2 Å². The van der Waals surface area contributed by atoms with E-state index in [4.69, 9.17) is 9.47 Å². The molecule has 4 aromatic rings. The molecule has 4 atom stereocenters. The number of unbranched alkanes of at least 4 members (excludes halogenated alkanes) is 3. The van der Waals surface area contributed by atoms with Crippen molar-refractivity contribution in [3.05, 3.63) is 131 Å². The number of rotatable bonds is 26. The molecule has 6 amide bonds. The van der Waals surface area contributed by atoms with Gasteiger partial charge < -0.3 is 46.1 Å². The van der Waals surface area contributed by atoms with E-state index >= 15 is 0 Å². The molecule has 1 saturated heterocycles. The Balaban J connectivity index is 1.14. The minimum atomic E-state index is -1.25. The molecular formula is C53H66N6O10. The van der Waals surface area contributed by atoms with E-state index in [1.54, 1.807) is 12.1 Å². The first-order chi connectivity index (χ1) is 33.4. The van der Waals surface area contributed by atoms with E-state index in [-0.39, 0.29) is 45.7 Å². The number of benzene rings is 4. The summed E-state index contributed by atoms with van der Waals surface area (Å²) in [4.78, 5) is 92.9. The van der Waals surface area contributed by atoms with Crippen molar-refractivity contribution in [1.29, 1.82) is 0 Å². The zero-order valence-corrected chi connectivity index (χ0v) is 39.6. The summed E-state index contributed by atoms with van der Waals surface area (Å²) < 4.78 is 10.5. The predicted octanol–water partition coefficient (Wildman–Crippen LogP) is 7.05. The molecule has 16 nitrogen and oxygen atoms in total. The summed E-state index contributed by atoms with van der Waals surface area (Å²) in [6.07, 6.45) is 4.89. The molecule has 1 aliphatic heterocycles. The maximum Gasteiger partial charge on any atom is 0.407 e. The molecule has 1 fully saturated rings. The Morgan fingerprint density at radius 3 is 1.71 bits per heavy atom. The third-order valence-electron chi connectivity index (χ3n) is 11.9. The number of carboxylic acids is 1. The first-order valence-electron chi connectivity index (χ1n) is 23.9. The minimum Gasteiger partial charge on any atom is -0.480 e. The molecule has 0 spiro atoms. The number of aliphatic carboxylic acids is 1. The summed E-state index contributed by atoms with van der Waals surface area (Å²) in [5.74, 6) is -3.48. The Morgan fingerprint density at radius 2 is 1.17 bits per heavy atom. The fourth-order valence-electron chi connectivity index (χ4n) is 7.87. The van der Waals surface area contributed by atoms with Crippen molar-refractivity contribution >= 4 is 41.8 Å². The van der Waals surface area contributed by atoms with Crippen LogP contribution in [0.2, 0.25) is 0 Å². The van der Waals surface area contributed by atoms with Gasteiger partial charge in [-0.25, -0.2) is 14.4 Å². The smallest absolute Gasteiger partial charge is 0.407 e. The van der Waals surface area contributed by atoms with Gasteiger partial charge in [0.1, 0.15) is 37.4 Å². The highest BCUT2D eigenvalue weighted by molar-refractivity contribution is 5.99. The fraction of sp³-hybridized carbons (Fsp3) is 0.415. The van der Waals surface area contributed by atoms with Gasteiger partial charge in [0.25, 0.3) is 5.91 Å². The number of amides is 6. The largest absolute Gasteiger partial charge is 0.480 e. The molecule has 4 aromatic carbocycles. The number of carbonyl (C=O) groups excluding carboxylic acids is 6. The number of carboxylic acid groups (broad SMARTS) is 1. The Labute approximate surface area is 404 Å². The monoisotopic (exact) mass is 946 g/mol. The van der Waals surface area contributed by atoms with Gasteiger partial charge in [0.05, 0.1) is 0 Å². The van der Waals surface area contributed by atoms with Gasteiger partial charge in [0.2, 0.25) is 17.7 Å². The first-order valence-corrected chi connectivity index (χ1v) is 23.9. The van der Waals surface area contributed by atoms with Crippen LogP contribution in [0.4, 0.5) is 9.59 Å². The Morgan fingerprint density at radius 1 is 0.638 bits per heavy atom. The summed E-state index contributed by atoms with van der Waals surface area (Å²) >= 11 is 0. The zero-order valence-electron chi connectivity index (χ0n) is 39.6. The van der Waals surface area contributed by atoms with Gasteiger partial charge in [0.15, 0.2) is 0 Å². The van der Waals surface area contributed by atoms with Crippen molar-refractivity contribution in [1.82, 2.24) is 31.5 Å². The standard InChI is InChI=1S/C53H66N6O10/c1-3-4-16-38-24-26-41(27-25-38)42-28-30-43(31-29-42)48(61)57-44(21-11-13-32-54-52(66)68-35-39-17-7-5-8-18-39)50(63)59-34-15-23-46(59)49(62)56-37(2)47(60)58-45(51(64)65)22-12-14-33-55-53(67)69-36-40-19-9-6-10-20-40/h5-10,17-20,24-31,37,44-46H,3-4,11-16,21-23,32-36H2,1-2H3,(H,54,66)(H,55,67)(H,56,62)(H,57,61)(H,58,60)(H,64,65)/t37-,44-,45-,46-/m0/s1. The third kappa shape index (κ3) is 17.7. The van der Waals surface area contributed by atoms with Gasteiger partial charge in [0, 0.05) is 25.2 Å². The van der Waals surface area contributed by atoms with Crippen LogP contribution in [-0.4, -0.2) is 95.6 Å². The number of aryl methyl sites for hydroxylation is 1. The second kappa shape index (κ2) is 28.2. The summed E-state index contributed by atoms with van der Waals surface area (Å²) in [5, 5.41) is 23.2. The number of alkyl carbamates (subject to hydrolysis) is 2. The molecular weight excluding hydrogens is 881 g/mol. The Hall–Kier alpha value is -7.23. The lowest BCUT2D eigenvalue weighted by Gasteiger charge is -2.29. The van der Waals surface area contributed by atoms with Gasteiger partial charge in [-0.05, 0) is 111 Å². The van der Waals surface area contributed by atoms with E-state index in [0.717, 1.165) is 41.5 Å². The Kier molecular flexibility index (Phi) is 21.5. The van der Waals surface area contributed by atoms with Crippen molar-refractivity contribution < 1.29 is 48.1 Å². The van der Waals surface area contributed by atoms with Gasteiger partial charge in [-0.1, -0.05) is 110 Å². The highest BCUT2D eigenvalue weighted by Crippen LogP contribution is 2.23. The number of nitrogens with one attached hydrogen (secondary N) is 5. The molecule has 368 valence electrons. The SMILES string of the molecule is CCCCc1ccc(-c2ccc(C(=O)N[C@@H](CCCCNC(=O)OCc3ccccc3)C(=O)N3CCC[C@H]3C(=O)N[C@@H](C)C(=O)N[C@@H](CCCCNC(=O)OCc3ccccc3)C(=O)O)cc2)cc1. The lowest BCUT2D eigenvalue weighted by atomic mass is 10.0.